The highest BCUT2D eigenvalue weighted by Crippen LogP contribution is 2.45. The lowest BCUT2D eigenvalue weighted by Crippen LogP contribution is -2.39. The van der Waals surface area contributed by atoms with Crippen molar-refractivity contribution in [3.63, 3.8) is 0 Å². The van der Waals surface area contributed by atoms with Gasteiger partial charge in [-0.3, -0.25) is 4.79 Å². The van der Waals surface area contributed by atoms with Crippen molar-refractivity contribution in [2.24, 2.45) is 11.8 Å². The van der Waals surface area contributed by atoms with Gasteiger partial charge in [0.05, 0.1) is 11.8 Å². The van der Waals surface area contributed by atoms with Gasteiger partial charge >= 0.3 is 0 Å². The third-order valence-electron chi connectivity index (χ3n) is 5.43. The zero-order chi connectivity index (χ0) is 19.6. The number of hydrogen-bond donors (Lipinski definition) is 0. The Labute approximate surface area is 160 Å². The number of rotatable bonds is 7. The van der Waals surface area contributed by atoms with Crippen molar-refractivity contribution < 1.29 is 22.3 Å². The molecule has 1 amide bonds. The van der Waals surface area contributed by atoms with Gasteiger partial charge in [0, 0.05) is 32.2 Å². The molecule has 1 aromatic rings. The van der Waals surface area contributed by atoms with E-state index in [-0.39, 0.29) is 42.0 Å². The van der Waals surface area contributed by atoms with E-state index in [1.54, 1.807) is 21.3 Å². The zero-order valence-corrected chi connectivity index (χ0v) is 16.6. The quantitative estimate of drug-likeness (QED) is 0.705. The van der Waals surface area contributed by atoms with Crippen molar-refractivity contribution in [2.75, 3.05) is 38.6 Å². The van der Waals surface area contributed by atoms with Crippen molar-refractivity contribution in [3.05, 3.63) is 35.6 Å². The third-order valence-corrected chi connectivity index (χ3v) is 7.44. The highest BCUT2D eigenvalue weighted by Gasteiger charge is 2.51. The number of carbonyl (C=O) groups is 1. The van der Waals surface area contributed by atoms with Gasteiger partial charge < -0.3 is 9.64 Å². The summed E-state index contributed by atoms with van der Waals surface area (Å²) in [4.78, 5) is 14.4. The predicted octanol–water partition coefficient (Wildman–Crippen LogP) is 2.03. The molecule has 27 heavy (non-hydrogen) atoms. The average molecular weight is 399 g/mol. The molecule has 1 aromatic carbocycles. The molecule has 0 unspecified atom stereocenters. The van der Waals surface area contributed by atoms with Crippen LogP contribution in [-0.4, -0.2) is 62.1 Å². The molecular weight excluding hydrogens is 371 g/mol. The van der Waals surface area contributed by atoms with Gasteiger partial charge in [-0.15, -0.1) is 0 Å². The second-order valence-corrected chi connectivity index (χ2v) is 9.33. The van der Waals surface area contributed by atoms with Crippen LogP contribution in [0.3, 0.4) is 0 Å². The van der Waals surface area contributed by atoms with E-state index in [2.05, 4.69) is 0 Å². The lowest BCUT2D eigenvalue weighted by atomic mass is 9.89. The number of amides is 1. The molecule has 0 radical (unpaired) electrons. The molecular formula is C19H27FN2O4S. The van der Waals surface area contributed by atoms with Crippen LogP contribution in [-0.2, 0) is 19.6 Å². The minimum absolute atomic E-state index is 0.0143. The summed E-state index contributed by atoms with van der Waals surface area (Å²) in [6.07, 6.45) is 0.570. The Morgan fingerprint density at radius 3 is 2.70 bits per heavy atom. The fraction of sp³-hybridized carbons (Fsp3) is 0.632. The molecule has 0 saturated carbocycles. The second kappa shape index (κ2) is 8.24. The molecule has 0 aliphatic carbocycles. The highest BCUT2D eigenvalue weighted by atomic mass is 32.2. The van der Waals surface area contributed by atoms with E-state index in [1.165, 1.54) is 12.1 Å². The number of hydrogen-bond acceptors (Lipinski definition) is 4. The van der Waals surface area contributed by atoms with Crippen LogP contribution in [0.5, 0.6) is 0 Å². The van der Waals surface area contributed by atoms with Crippen molar-refractivity contribution >= 4 is 15.9 Å². The summed E-state index contributed by atoms with van der Waals surface area (Å²) < 4.78 is 45.6. The Bertz CT molecular complexity index is 786. The fourth-order valence-corrected chi connectivity index (χ4v) is 5.86. The highest BCUT2D eigenvalue weighted by molar-refractivity contribution is 7.89. The Morgan fingerprint density at radius 2 is 2.04 bits per heavy atom. The maximum absolute atomic E-state index is 13.8. The van der Waals surface area contributed by atoms with E-state index in [9.17, 15) is 17.6 Å². The van der Waals surface area contributed by atoms with Gasteiger partial charge in [-0.1, -0.05) is 19.1 Å². The van der Waals surface area contributed by atoms with Gasteiger partial charge in [-0.25, -0.2) is 17.1 Å². The summed E-state index contributed by atoms with van der Waals surface area (Å²) in [7, 11) is -3.29. The summed E-state index contributed by atoms with van der Waals surface area (Å²) in [6.45, 7) is 5.35. The molecule has 3 atom stereocenters. The number of nitrogens with zero attached hydrogens (tertiary/aromatic N) is 2. The van der Waals surface area contributed by atoms with Crippen LogP contribution < -0.4 is 0 Å². The van der Waals surface area contributed by atoms with Crippen LogP contribution in [0.15, 0.2) is 24.3 Å². The van der Waals surface area contributed by atoms with Crippen LogP contribution in [0, 0.1) is 17.7 Å². The maximum atomic E-state index is 13.8. The lowest BCUT2D eigenvalue weighted by Gasteiger charge is -2.30. The number of likely N-dealkylation sites (tertiary alicyclic amines) is 1. The molecule has 0 bridgehead atoms. The summed E-state index contributed by atoms with van der Waals surface area (Å²) in [6, 6.07) is 5.91. The second-order valence-electron chi connectivity index (χ2n) is 7.24. The first-order valence-corrected chi connectivity index (χ1v) is 11.1. The van der Waals surface area contributed by atoms with Crippen molar-refractivity contribution in [3.8, 4) is 0 Å². The molecule has 2 aliphatic heterocycles. The van der Waals surface area contributed by atoms with Gasteiger partial charge in [0.2, 0.25) is 15.9 Å². The van der Waals surface area contributed by atoms with Gasteiger partial charge in [0.1, 0.15) is 12.4 Å². The summed E-state index contributed by atoms with van der Waals surface area (Å²) in [5.41, 5.74) is 0.710. The average Bonchev–Trinajstić information content (AvgIpc) is 3.18. The molecule has 2 fully saturated rings. The monoisotopic (exact) mass is 398 g/mol. The van der Waals surface area contributed by atoms with E-state index in [1.807, 2.05) is 13.8 Å². The first-order valence-electron chi connectivity index (χ1n) is 9.47. The Balaban J connectivity index is 1.87. The molecule has 2 saturated heterocycles. The fourth-order valence-electron chi connectivity index (χ4n) is 4.26. The Kier molecular flexibility index (Phi) is 6.18. The first-order chi connectivity index (χ1) is 12.9. The molecule has 150 valence electrons. The van der Waals surface area contributed by atoms with Crippen molar-refractivity contribution in [1.29, 1.82) is 0 Å². The van der Waals surface area contributed by atoms with E-state index < -0.39 is 10.0 Å². The number of sulfonamides is 1. The predicted molar refractivity (Wildman–Crippen MR) is 100.0 cm³/mol. The van der Waals surface area contributed by atoms with Crippen LogP contribution >= 0.6 is 0 Å². The molecule has 0 spiro atoms. The summed E-state index contributed by atoms with van der Waals surface area (Å²) in [5, 5.41) is 0. The van der Waals surface area contributed by atoms with E-state index in [4.69, 9.17) is 4.74 Å². The SMILES string of the molecule is CCCS(=O)(=O)N1C[C@H]2CN(C(=O)COCC)[C@@H](c3cccc(F)c3)[C@H]2C1. The topological polar surface area (TPSA) is 66.9 Å². The van der Waals surface area contributed by atoms with Crippen LogP contribution in [0.25, 0.3) is 0 Å². The van der Waals surface area contributed by atoms with Gasteiger partial charge in [-0.2, -0.15) is 0 Å². The molecule has 0 aromatic heterocycles. The Hall–Kier alpha value is -1.51. The largest absolute Gasteiger partial charge is 0.372 e. The molecule has 8 heteroatoms. The van der Waals surface area contributed by atoms with Crippen LogP contribution in [0.4, 0.5) is 4.39 Å². The van der Waals surface area contributed by atoms with Gasteiger partial charge in [-0.05, 0) is 37.0 Å². The normalized spacial score (nSPS) is 25.7. The van der Waals surface area contributed by atoms with E-state index >= 15 is 0 Å². The van der Waals surface area contributed by atoms with Gasteiger partial charge in [0.25, 0.3) is 0 Å². The smallest absolute Gasteiger partial charge is 0.249 e. The minimum Gasteiger partial charge on any atom is -0.372 e. The standard InChI is InChI=1S/C19H27FN2O4S/c1-3-8-27(24,25)21-10-15-11-22(18(23)13-26-4-2)19(17(15)12-21)14-6-5-7-16(20)9-14/h5-7,9,15,17,19H,3-4,8,10-13H2,1-2H3/t15-,17-,19-/m0/s1. The van der Waals surface area contributed by atoms with E-state index in [0.717, 1.165) is 0 Å². The summed E-state index contributed by atoms with van der Waals surface area (Å²) in [5.74, 6) is -0.353. The molecule has 6 nitrogen and oxygen atoms in total. The number of benzene rings is 1. The zero-order valence-electron chi connectivity index (χ0n) is 15.8. The molecule has 3 rings (SSSR count). The number of fused-ring (bicyclic) bond motifs is 1. The van der Waals surface area contributed by atoms with Crippen LogP contribution in [0.2, 0.25) is 0 Å². The first kappa shape index (κ1) is 20.2. The van der Waals surface area contributed by atoms with Crippen LogP contribution in [0.1, 0.15) is 31.9 Å². The Morgan fingerprint density at radius 1 is 1.26 bits per heavy atom. The van der Waals surface area contributed by atoms with Gasteiger partial charge in [0.15, 0.2) is 0 Å². The van der Waals surface area contributed by atoms with Crippen molar-refractivity contribution in [1.82, 2.24) is 9.21 Å². The van der Waals surface area contributed by atoms with Crippen molar-refractivity contribution in [2.45, 2.75) is 26.3 Å². The number of halogens is 1. The third kappa shape index (κ3) is 4.17. The maximum Gasteiger partial charge on any atom is 0.249 e. The van der Waals surface area contributed by atoms with E-state index in [0.29, 0.717) is 38.2 Å². The molecule has 0 N–H and O–H groups in total. The molecule has 2 heterocycles. The molecule has 2 aliphatic rings. The lowest BCUT2D eigenvalue weighted by molar-refractivity contribution is -0.137. The number of carbonyl (C=O) groups excluding carboxylic acids is 1. The summed E-state index contributed by atoms with van der Waals surface area (Å²) >= 11 is 0. The number of ether oxygens (including phenoxy) is 1. The minimum atomic E-state index is -3.29.